The summed E-state index contributed by atoms with van der Waals surface area (Å²) in [5.41, 5.74) is 2.67. The lowest BCUT2D eigenvalue weighted by molar-refractivity contribution is -0.385. The molecule has 6 nitrogen and oxygen atoms in total. The predicted molar refractivity (Wildman–Crippen MR) is 100 cm³/mol. The van der Waals surface area contributed by atoms with Gasteiger partial charge >= 0.3 is 0 Å². The Bertz CT molecular complexity index is 806. The largest absolute Gasteiger partial charge is 0.350 e. The molecule has 26 heavy (non-hydrogen) atoms. The minimum absolute atomic E-state index is 0.108. The van der Waals surface area contributed by atoms with Crippen LogP contribution in [0.1, 0.15) is 34.8 Å². The van der Waals surface area contributed by atoms with E-state index in [9.17, 15) is 14.9 Å². The maximum Gasteiger partial charge on any atom is 0.282 e. The number of benzene rings is 2. The van der Waals surface area contributed by atoms with Crippen molar-refractivity contribution >= 4 is 11.6 Å². The van der Waals surface area contributed by atoms with E-state index in [0.717, 1.165) is 25.9 Å². The number of nitrogens with one attached hydrogen (secondary N) is 1. The minimum Gasteiger partial charge on any atom is -0.350 e. The van der Waals surface area contributed by atoms with Gasteiger partial charge in [-0.2, -0.15) is 0 Å². The highest BCUT2D eigenvalue weighted by Crippen LogP contribution is 2.21. The van der Waals surface area contributed by atoms with E-state index in [4.69, 9.17) is 0 Å². The Morgan fingerprint density at radius 2 is 1.88 bits per heavy atom. The Kier molecular flexibility index (Phi) is 5.63. The van der Waals surface area contributed by atoms with Crippen LogP contribution in [0.25, 0.3) is 0 Å². The third kappa shape index (κ3) is 3.91. The number of nitro groups is 1. The van der Waals surface area contributed by atoms with Crippen molar-refractivity contribution in [3.05, 3.63) is 75.3 Å². The lowest BCUT2D eigenvalue weighted by atomic mass is 9.98. The van der Waals surface area contributed by atoms with E-state index in [2.05, 4.69) is 41.4 Å². The second-order valence-corrected chi connectivity index (χ2v) is 6.54. The van der Waals surface area contributed by atoms with E-state index in [1.165, 1.54) is 23.3 Å². The summed E-state index contributed by atoms with van der Waals surface area (Å²) >= 11 is 0. The molecule has 2 aromatic carbocycles. The molecule has 1 aliphatic heterocycles. The molecule has 0 aliphatic carbocycles. The maximum absolute atomic E-state index is 12.4. The number of para-hydroxylation sites is 1. The van der Waals surface area contributed by atoms with Crippen molar-refractivity contribution in [3.63, 3.8) is 0 Å². The molecule has 6 heteroatoms. The van der Waals surface area contributed by atoms with Gasteiger partial charge in [-0.15, -0.1) is 0 Å². The van der Waals surface area contributed by atoms with Crippen LogP contribution >= 0.6 is 0 Å². The number of amides is 1. The summed E-state index contributed by atoms with van der Waals surface area (Å²) in [6.07, 6.45) is 1.91. The van der Waals surface area contributed by atoms with Crippen LogP contribution < -0.4 is 5.32 Å². The summed E-state index contributed by atoms with van der Waals surface area (Å²) < 4.78 is 0. The SMILES string of the molecule is CCC(CNC(=O)c1ccccc1[N+](=O)[O-])N1CCc2ccccc2C1. The van der Waals surface area contributed by atoms with Crippen LogP contribution in [0.2, 0.25) is 0 Å². The number of rotatable bonds is 6. The van der Waals surface area contributed by atoms with Crippen molar-refractivity contribution in [2.45, 2.75) is 32.4 Å². The van der Waals surface area contributed by atoms with Gasteiger partial charge in [-0.3, -0.25) is 19.8 Å². The quantitative estimate of drug-likeness (QED) is 0.639. The van der Waals surface area contributed by atoms with E-state index in [0.29, 0.717) is 6.54 Å². The fourth-order valence-corrected chi connectivity index (χ4v) is 3.49. The summed E-state index contributed by atoms with van der Waals surface area (Å²) in [7, 11) is 0. The lowest BCUT2D eigenvalue weighted by Gasteiger charge is -2.35. The van der Waals surface area contributed by atoms with Crippen LogP contribution in [-0.4, -0.2) is 34.9 Å². The Morgan fingerprint density at radius 1 is 1.19 bits per heavy atom. The highest BCUT2D eigenvalue weighted by atomic mass is 16.6. The zero-order valence-corrected chi connectivity index (χ0v) is 14.9. The highest BCUT2D eigenvalue weighted by molar-refractivity contribution is 5.98. The first-order chi connectivity index (χ1) is 12.6. The van der Waals surface area contributed by atoms with Crippen molar-refractivity contribution in [2.24, 2.45) is 0 Å². The van der Waals surface area contributed by atoms with Crippen LogP contribution in [0, 0.1) is 10.1 Å². The molecule has 1 amide bonds. The minimum atomic E-state index is -0.520. The number of carbonyl (C=O) groups is 1. The number of nitrogens with zero attached hydrogens (tertiary/aromatic N) is 2. The Labute approximate surface area is 153 Å². The smallest absolute Gasteiger partial charge is 0.282 e. The first kappa shape index (κ1) is 18.1. The second kappa shape index (κ2) is 8.10. The van der Waals surface area contributed by atoms with E-state index < -0.39 is 10.8 Å². The molecule has 0 aromatic heterocycles. The van der Waals surface area contributed by atoms with E-state index in [-0.39, 0.29) is 17.3 Å². The van der Waals surface area contributed by atoms with Crippen LogP contribution in [0.3, 0.4) is 0 Å². The first-order valence-corrected chi connectivity index (χ1v) is 8.92. The van der Waals surface area contributed by atoms with Gasteiger partial charge in [0.2, 0.25) is 0 Å². The average molecular weight is 353 g/mol. The monoisotopic (exact) mass is 353 g/mol. The van der Waals surface area contributed by atoms with E-state index >= 15 is 0 Å². The molecule has 0 saturated carbocycles. The molecule has 0 saturated heterocycles. The molecule has 1 unspecified atom stereocenters. The zero-order valence-electron chi connectivity index (χ0n) is 14.9. The molecule has 1 aliphatic rings. The van der Waals surface area contributed by atoms with Crippen molar-refractivity contribution < 1.29 is 9.72 Å². The van der Waals surface area contributed by atoms with Crippen molar-refractivity contribution in [3.8, 4) is 0 Å². The summed E-state index contributed by atoms with van der Waals surface area (Å²) in [5, 5.41) is 14.0. The van der Waals surface area contributed by atoms with Gasteiger partial charge in [0, 0.05) is 31.7 Å². The summed E-state index contributed by atoms with van der Waals surface area (Å²) in [6.45, 7) is 4.40. The molecule has 0 fully saturated rings. The first-order valence-electron chi connectivity index (χ1n) is 8.92. The second-order valence-electron chi connectivity index (χ2n) is 6.54. The molecule has 0 spiro atoms. The third-order valence-electron chi connectivity index (χ3n) is 4.99. The fraction of sp³-hybridized carbons (Fsp3) is 0.350. The van der Waals surface area contributed by atoms with Gasteiger partial charge in [-0.1, -0.05) is 43.3 Å². The maximum atomic E-state index is 12.4. The van der Waals surface area contributed by atoms with Crippen molar-refractivity contribution in [1.29, 1.82) is 0 Å². The Balaban J connectivity index is 1.65. The van der Waals surface area contributed by atoms with Gasteiger partial charge in [0.25, 0.3) is 11.6 Å². The third-order valence-corrected chi connectivity index (χ3v) is 4.99. The summed E-state index contributed by atoms with van der Waals surface area (Å²) in [5.74, 6) is -0.395. The molecule has 1 heterocycles. The topological polar surface area (TPSA) is 75.5 Å². The molecule has 0 radical (unpaired) electrons. The molecular weight excluding hydrogens is 330 g/mol. The molecule has 1 atom stereocenters. The molecule has 0 bridgehead atoms. The fourth-order valence-electron chi connectivity index (χ4n) is 3.49. The predicted octanol–water partition coefficient (Wildman–Crippen LogP) is 3.16. The van der Waals surface area contributed by atoms with Crippen molar-refractivity contribution in [2.75, 3.05) is 13.1 Å². The van der Waals surface area contributed by atoms with Crippen LogP contribution in [0.5, 0.6) is 0 Å². The summed E-state index contributed by atoms with van der Waals surface area (Å²) in [6, 6.07) is 14.7. The van der Waals surface area contributed by atoms with Gasteiger partial charge in [0.15, 0.2) is 0 Å². The lowest BCUT2D eigenvalue weighted by Crippen LogP contribution is -2.45. The Hall–Kier alpha value is -2.73. The Morgan fingerprint density at radius 3 is 2.62 bits per heavy atom. The highest BCUT2D eigenvalue weighted by Gasteiger charge is 2.24. The molecule has 2 aromatic rings. The number of carbonyl (C=O) groups excluding carboxylic acids is 1. The average Bonchev–Trinajstić information content (AvgIpc) is 2.68. The number of hydrogen-bond acceptors (Lipinski definition) is 4. The molecule has 1 N–H and O–H groups in total. The number of fused-ring (bicyclic) bond motifs is 1. The number of nitro benzene ring substituents is 1. The van der Waals surface area contributed by atoms with Crippen LogP contribution in [0.15, 0.2) is 48.5 Å². The van der Waals surface area contributed by atoms with E-state index in [1.54, 1.807) is 12.1 Å². The number of hydrogen-bond donors (Lipinski definition) is 1. The molecule has 3 rings (SSSR count). The van der Waals surface area contributed by atoms with E-state index in [1.807, 2.05) is 0 Å². The van der Waals surface area contributed by atoms with Gasteiger partial charge in [-0.25, -0.2) is 0 Å². The molecular formula is C20H23N3O3. The van der Waals surface area contributed by atoms with Crippen LogP contribution in [-0.2, 0) is 13.0 Å². The molecule has 136 valence electrons. The standard InChI is InChI=1S/C20H23N3O3/c1-2-17(22-12-11-15-7-3-4-8-16(15)14-22)13-21-20(24)18-9-5-6-10-19(18)23(25)26/h3-10,17H,2,11-14H2,1H3,(H,21,24). The zero-order chi connectivity index (χ0) is 18.5. The van der Waals surface area contributed by atoms with Crippen LogP contribution in [0.4, 0.5) is 5.69 Å². The normalized spacial score (nSPS) is 15.1. The van der Waals surface area contributed by atoms with Gasteiger partial charge in [0.05, 0.1) is 4.92 Å². The van der Waals surface area contributed by atoms with Gasteiger partial charge in [0.1, 0.15) is 5.56 Å². The van der Waals surface area contributed by atoms with Gasteiger partial charge in [-0.05, 0) is 30.0 Å². The van der Waals surface area contributed by atoms with Gasteiger partial charge < -0.3 is 5.32 Å². The summed E-state index contributed by atoms with van der Waals surface area (Å²) in [4.78, 5) is 25.4. The van der Waals surface area contributed by atoms with Crippen molar-refractivity contribution in [1.82, 2.24) is 10.2 Å².